The fraction of sp³-hybridized carbons (Fsp3) is 0.231. The van der Waals surface area contributed by atoms with Gasteiger partial charge in [0.05, 0.1) is 10.6 Å². The van der Waals surface area contributed by atoms with Gasteiger partial charge in [0.15, 0.2) is 0 Å². The molecule has 0 atom stereocenters. The van der Waals surface area contributed by atoms with Crippen molar-refractivity contribution in [2.45, 2.75) is 19.5 Å². The van der Waals surface area contributed by atoms with Crippen LogP contribution in [0.3, 0.4) is 0 Å². The third kappa shape index (κ3) is 2.25. The number of aryl methyl sites for hydroxylation is 1. The molecule has 1 heterocycles. The van der Waals surface area contributed by atoms with E-state index < -0.39 is 11.7 Å². The molecule has 0 amide bonds. The first kappa shape index (κ1) is 13.0. The molecule has 0 aliphatic heterocycles. The molecule has 1 aromatic carbocycles. The van der Waals surface area contributed by atoms with Crippen molar-refractivity contribution in [3.63, 3.8) is 0 Å². The highest BCUT2D eigenvalue weighted by Crippen LogP contribution is 2.41. The summed E-state index contributed by atoms with van der Waals surface area (Å²) in [6, 6.07) is 5.73. The van der Waals surface area contributed by atoms with Crippen LogP contribution >= 0.6 is 11.6 Å². The number of aromatic nitrogens is 1. The molecule has 0 radical (unpaired) electrons. The van der Waals surface area contributed by atoms with Crippen molar-refractivity contribution in [2.24, 2.45) is 0 Å². The summed E-state index contributed by atoms with van der Waals surface area (Å²) in [5.74, 6) is 0. The van der Waals surface area contributed by atoms with Crippen LogP contribution in [0.5, 0.6) is 0 Å². The highest BCUT2D eigenvalue weighted by molar-refractivity contribution is 6.34. The third-order valence-electron chi connectivity index (χ3n) is 2.78. The van der Waals surface area contributed by atoms with Gasteiger partial charge >= 0.3 is 6.18 Å². The van der Waals surface area contributed by atoms with Gasteiger partial charge in [-0.15, -0.1) is 0 Å². The molecule has 1 N–H and O–H groups in total. The molecule has 18 heavy (non-hydrogen) atoms. The number of hydrogen-bond acceptors (Lipinski definition) is 0. The van der Waals surface area contributed by atoms with Gasteiger partial charge in [0.25, 0.3) is 0 Å². The monoisotopic (exact) mass is 273 g/mol. The minimum absolute atomic E-state index is 0.0218. The van der Waals surface area contributed by atoms with E-state index in [9.17, 15) is 13.2 Å². The molecule has 5 heteroatoms. The molecule has 0 aliphatic rings. The standard InChI is InChI=1S/C13H11ClF3N/c1-2-8-5-6-9(13(15,16)17)11(12(8)14)10-4-3-7-18-10/h3-7,18H,2H2,1H3. The van der Waals surface area contributed by atoms with Crippen molar-refractivity contribution in [3.05, 3.63) is 46.6 Å². The lowest BCUT2D eigenvalue weighted by Gasteiger charge is -2.15. The summed E-state index contributed by atoms with van der Waals surface area (Å²) in [6.45, 7) is 1.85. The molecule has 96 valence electrons. The zero-order valence-electron chi connectivity index (χ0n) is 9.61. The first-order valence-corrected chi connectivity index (χ1v) is 5.85. The van der Waals surface area contributed by atoms with Crippen LogP contribution in [0.4, 0.5) is 13.2 Å². The summed E-state index contributed by atoms with van der Waals surface area (Å²) in [4.78, 5) is 2.77. The van der Waals surface area contributed by atoms with Crippen molar-refractivity contribution in [3.8, 4) is 11.3 Å². The van der Waals surface area contributed by atoms with Gasteiger partial charge in [0.2, 0.25) is 0 Å². The van der Waals surface area contributed by atoms with Gasteiger partial charge in [-0.05, 0) is 30.2 Å². The van der Waals surface area contributed by atoms with Crippen molar-refractivity contribution in [1.82, 2.24) is 4.98 Å². The fourth-order valence-corrected chi connectivity index (χ4v) is 2.28. The zero-order chi connectivity index (χ0) is 13.3. The van der Waals surface area contributed by atoms with E-state index >= 15 is 0 Å². The maximum atomic E-state index is 13.0. The number of halogens is 4. The number of H-pyrrole nitrogens is 1. The van der Waals surface area contributed by atoms with E-state index in [2.05, 4.69) is 4.98 Å². The van der Waals surface area contributed by atoms with E-state index in [0.29, 0.717) is 17.7 Å². The first-order valence-electron chi connectivity index (χ1n) is 5.47. The summed E-state index contributed by atoms with van der Waals surface area (Å²) in [5.41, 5.74) is 0.387. The first-order chi connectivity index (χ1) is 8.45. The van der Waals surface area contributed by atoms with E-state index in [4.69, 9.17) is 11.6 Å². The number of nitrogens with one attached hydrogen (secondary N) is 1. The van der Waals surface area contributed by atoms with Gasteiger partial charge in [-0.25, -0.2) is 0 Å². The van der Waals surface area contributed by atoms with Crippen molar-refractivity contribution in [2.75, 3.05) is 0 Å². The molecule has 2 rings (SSSR count). The highest BCUT2D eigenvalue weighted by Gasteiger charge is 2.35. The Hall–Kier alpha value is -1.42. The Labute approximate surface area is 108 Å². The maximum Gasteiger partial charge on any atom is 0.417 e. The largest absolute Gasteiger partial charge is 0.417 e. The van der Waals surface area contributed by atoms with Crippen LogP contribution in [0, 0.1) is 0 Å². The van der Waals surface area contributed by atoms with E-state index in [0.717, 1.165) is 6.07 Å². The minimum atomic E-state index is -4.42. The minimum Gasteiger partial charge on any atom is -0.361 e. The lowest BCUT2D eigenvalue weighted by atomic mass is 9.99. The molecule has 1 nitrogen and oxygen atoms in total. The second kappa shape index (κ2) is 4.69. The molecule has 0 saturated carbocycles. The molecule has 1 aromatic heterocycles. The van der Waals surface area contributed by atoms with Crippen molar-refractivity contribution >= 4 is 11.6 Å². The van der Waals surface area contributed by atoms with Gasteiger partial charge < -0.3 is 4.98 Å². The number of alkyl halides is 3. The van der Waals surface area contributed by atoms with E-state index in [1.165, 1.54) is 6.07 Å². The number of benzene rings is 1. The van der Waals surface area contributed by atoms with E-state index in [-0.39, 0.29) is 10.6 Å². The number of rotatable bonds is 2. The SMILES string of the molecule is CCc1ccc(C(F)(F)F)c(-c2ccc[nH]2)c1Cl. The normalized spacial score (nSPS) is 11.8. The Balaban J connectivity index is 2.73. The van der Waals surface area contributed by atoms with E-state index in [1.54, 1.807) is 18.3 Å². The summed E-state index contributed by atoms with van der Waals surface area (Å²) < 4.78 is 39.0. The second-order valence-corrected chi connectivity index (χ2v) is 4.27. The topological polar surface area (TPSA) is 15.8 Å². The van der Waals surface area contributed by atoms with E-state index in [1.807, 2.05) is 6.92 Å². The Morgan fingerprint density at radius 2 is 1.94 bits per heavy atom. The van der Waals surface area contributed by atoms with Gasteiger partial charge in [-0.2, -0.15) is 13.2 Å². The van der Waals surface area contributed by atoms with Gasteiger partial charge in [-0.3, -0.25) is 0 Å². The summed E-state index contributed by atoms with van der Waals surface area (Å²) in [5, 5.41) is 0.162. The average molecular weight is 274 g/mol. The van der Waals surface area contributed by atoms with Crippen LogP contribution < -0.4 is 0 Å². The lowest BCUT2D eigenvalue weighted by molar-refractivity contribution is -0.137. The average Bonchev–Trinajstić information content (AvgIpc) is 2.80. The molecule has 0 bridgehead atoms. The number of aromatic amines is 1. The van der Waals surface area contributed by atoms with Gasteiger partial charge in [0, 0.05) is 17.5 Å². The molecule has 0 unspecified atom stereocenters. The third-order valence-corrected chi connectivity index (χ3v) is 3.21. The predicted molar refractivity (Wildman–Crippen MR) is 65.6 cm³/mol. The van der Waals surface area contributed by atoms with Crippen molar-refractivity contribution in [1.29, 1.82) is 0 Å². The Morgan fingerprint density at radius 3 is 2.44 bits per heavy atom. The second-order valence-electron chi connectivity index (χ2n) is 3.90. The van der Waals surface area contributed by atoms with Crippen LogP contribution in [-0.2, 0) is 12.6 Å². The maximum absolute atomic E-state index is 13.0. The highest BCUT2D eigenvalue weighted by atomic mass is 35.5. The smallest absolute Gasteiger partial charge is 0.361 e. The fourth-order valence-electron chi connectivity index (χ4n) is 1.88. The van der Waals surface area contributed by atoms with Gasteiger partial charge in [0.1, 0.15) is 0 Å². The number of hydrogen-bond donors (Lipinski definition) is 1. The van der Waals surface area contributed by atoms with Crippen LogP contribution in [0.25, 0.3) is 11.3 Å². The van der Waals surface area contributed by atoms with Gasteiger partial charge in [-0.1, -0.05) is 24.6 Å². The molecule has 0 spiro atoms. The lowest BCUT2D eigenvalue weighted by Crippen LogP contribution is -2.08. The molecule has 2 aromatic rings. The Bertz CT molecular complexity index is 544. The van der Waals surface area contributed by atoms with Crippen LogP contribution in [0.15, 0.2) is 30.5 Å². The predicted octanol–water partition coefficient (Wildman–Crippen LogP) is 4.92. The summed E-state index contributed by atoms with van der Waals surface area (Å²) in [7, 11) is 0. The molecular formula is C13H11ClF3N. The quantitative estimate of drug-likeness (QED) is 0.800. The van der Waals surface area contributed by atoms with Crippen molar-refractivity contribution < 1.29 is 13.2 Å². The van der Waals surface area contributed by atoms with Crippen LogP contribution in [-0.4, -0.2) is 4.98 Å². The summed E-state index contributed by atoms with van der Waals surface area (Å²) >= 11 is 6.09. The molecule has 0 aliphatic carbocycles. The Morgan fingerprint density at radius 1 is 1.22 bits per heavy atom. The molecule has 0 fully saturated rings. The Kier molecular flexibility index (Phi) is 3.39. The van der Waals surface area contributed by atoms with Crippen LogP contribution in [0.1, 0.15) is 18.1 Å². The van der Waals surface area contributed by atoms with Crippen LogP contribution in [0.2, 0.25) is 5.02 Å². The molecule has 0 saturated heterocycles. The zero-order valence-corrected chi connectivity index (χ0v) is 10.4. The molecular weight excluding hydrogens is 263 g/mol. The summed E-state index contributed by atoms with van der Waals surface area (Å²) in [6.07, 6.45) is -2.26.